The van der Waals surface area contributed by atoms with E-state index in [9.17, 15) is 8.42 Å². The average Bonchev–Trinajstić information content (AvgIpc) is 2.09. The molecule has 0 radical (unpaired) electrons. The first-order valence-electron chi connectivity index (χ1n) is 3.91. The van der Waals surface area contributed by atoms with Crippen molar-refractivity contribution in [2.24, 2.45) is 0 Å². The number of rotatable bonds is 9. The minimum Gasteiger partial charge on any atom is -0.394 e. The van der Waals surface area contributed by atoms with E-state index in [2.05, 4.69) is 4.72 Å². The van der Waals surface area contributed by atoms with Gasteiger partial charge in [0.1, 0.15) is 0 Å². The summed E-state index contributed by atoms with van der Waals surface area (Å²) in [5.41, 5.74) is 0. The Morgan fingerprint density at radius 3 is 2.23 bits per heavy atom. The second-order valence-electron chi connectivity index (χ2n) is 2.11. The molecule has 0 aliphatic carbocycles. The molecule has 6 nitrogen and oxygen atoms in total. The highest BCUT2D eigenvalue weighted by Gasteiger charge is 1.89. The maximum atomic E-state index is 9.99. The third kappa shape index (κ3) is 11.8. The normalized spacial score (nSPS) is 10.9. The molecular weight excluding hydrogens is 198 g/mol. The largest absolute Gasteiger partial charge is 0.394 e. The summed E-state index contributed by atoms with van der Waals surface area (Å²) >= 11 is 0. The smallest absolute Gasteiger partial charge is 0.201 e. The minimum absolute atomic E-state index is 0.00177. The molecule has 13 heavy (non-hydrogen) atoms. The van der Waals surface area contributed by atoms with E-state index in [1.807, 2.05) is 0 Å². The summed E-state index contributed by atoms with van der Waals surface area (Å²) in [6, 6.07) is 0. The molecule has 0 aliphatic heterocycles. The first-order valence-corrected chi connectivity index (χ1v) is 5.09. The number of nitrogens with one attached hydrogen (secondary N) is 1. The average molecular weight is 213 g/mol. The van der Waals surface area contributed by atoms with Crippen LogP contribution in [0.25, 0.3) is 0 Å². The zero-order valence-corrected chi connectivity index (χ0v) is 8.16. The van der Waals surface area contributed by atoms with E-state index in [1.165, 1.54) is 0 Å². The Bertz CT molecular complexity index is 164. The molecule has 7 heteroatoms. The highest BCUT2D eigenvalue weighted by Crippen LogP contribution is 1.77. The Morgan fingerprint density at radius 1 is 1.08 bits per heavy atom. The van der Waals surface area contributed by atoms with E-state index in [-0.39, 0.29) is 13.2 Å². The summed E-state index contributed by atoms with van der Waals surface area (Å²) < 4.78 is 32.1. The molecule has 0 aromatic carbocycles. The van der Waals surface area contributed by atoms with Crippen LogP contribution in [0.1, 0.15) is 0 Å². The van der Waals surface area contributed by atoms with E-state index < -0.39 is 10.9 Å². The summed E-state index contributed by atoms with van der Waals surface area (Å²) in [6.07, 6.45) is 0. The molecule has 0 rings (SSSR count). The molecule has 0 aliphatic rings. The molecular formula is C6H15NO5S. The SMILES string of the molecule is O=[SH](=O)NCCOCCOCCO. The number of hydrogen-bond donors (Lipinski definition) is 3. The molecule has 2 N–H and O–H groups in total. The molecule has 0 amide bonds. The van der Waals surface area contributed by atoms with Crippen molar-refractivity contribution in [1.29, 1.82) is 0 Å². The summed E-state index contributed by atoms with van der Waals surface area (Å²) in [6.45, 7) is 1.71. The van der Waals surface area contributed by atoms with Gasteiger partial charge in [0.05, 0.1) is 33.0 Å². The number of hydrogen-bond acceptors (Lipinski definition) is 5. The predicted molar refractivity (Wildman–Crippen MR) is 47.0 cm³/mol. The topological polar surface area (TPSA) is 84.9 Å². The van der Waals surface area contributed by atoms with Gasteiger partial charge in [-0.3, -0.25) is 0 Å². The van der Waals surface area contributed by atoms with E-state index >= 15 is 0 Å². The molecule has 0 bridgehead atoms. The summed E-state index contributed by atoms with van der Waals surface area (Å²) in [4.78, 5) is 0. The molecule has 0 spiro atoms. The van der Waals surface area contributed by atoms with Gasteiger partial charge in [-0.2, -0.15) is 0 Å². The molecule has 0 aromatic heterocycles. The van der Waals surface area contributed by atoms with Gasteiger partial charge >= 0.3 is 0 Å². The Kier molecular flexibility index (Phi) is 9.72. The lowest BCUT2D eigenvalue weighted by atomic mass is 10.7. The quantitative estimate of drug-likeness (QED) is 0.308. The van der Waals surface area contributed by atoms with Gasteiger partial charge in [0.15, 0.2) is 0 Å². The van der Waals surface area contributed by atoms with Crippen LogP contribution >= 0.6 is 0 Å². The van der Waals surface area contributed by atoms with Gasteiger partial charge in [-0.1, -0.05) is 0 Å². The Balaban J connectivity index is 2.91. The summed E-state index contributed by atoms with van der Waals surface area (Å²) in [7, 11) is -2.53. The van der Waals surface area contributed by atoms with Gasteiger partial charge in [0.25, 0.3) is 0 Å². The molecule has 0 aromatic rings. The van der Waals surface area contributed by atoms with Crippen LogP contribution in [-0.4, -0.2) is 53.1 Å². The number of aliphatic hydroxyl groups is 1. The maximum absolute atomic E-state index is 9.99. The van der Waals surface area contributed by atoms with Crippen LogP contribution in [0.5, 0.6) is 0 Å². The summed E-state index contributed by atoms with van der Waals surface area (Å²) in [5.74, 6) is 0. The van der Waals surface area contributed by atoms with Crippen molar-refractivity contribution in [3.63, 3.8) is 0 Å². The third-order valence-corrected chi connectivity index (χ3v) is 1.58. The first-order chi connectivity index (χ1) is 6.27. The van der Waals surface area contributed by atoms with E-state index in [1.54, 1.807) is 0 Å². The lowest BCUT2D eigenvalue weighted by Crippen LogP contribution is -2.19. The Hall–Kier alpha value is -0.210. The molecule has 80 valence electrons. The molecule has 0 heterocycles. The van der Waals surface area contributed by atoms with Gasteiger partial charge in [0, 0.05) is 6.54 Å². The molecule has 0 unspecified atom stereocenters. The van der Waals surface area contributed by atoms with Crippen molar-refractivity contribution in [2.45, 2.75) is 0 Å². The van der Waals surface area contributed by atoms with Gasteiger partial charge < -0.3 is 14.6 Å². The zero-order valence-electron chi connectivity index (χ0n) is 7.27. The highest BCUT2D eigenvalue weighted by atomic mass is 32.2. The number of ether oxygens (including phenoxy) is 2. The maximum Gasteiger partial charge on any atom is 0.201 e. The summed E-state index contributed by atoms with van der Waals surface area (Å²) in [5, 5.41) is 8.32. The number of aliphatic hydroxyl groups excluding tert-OH is 1. The zero-order chi connectivity index (χ0) is 9.94. The van der Waals surface area contributed by atoms with Crippen molar-refractivity contribution in [3.8, 4) is 0 Å². The standard InChI is InChI=1S/C6H15NO5S/c8-2-4-12-6-5-11-3-1-7-13(9)10/h8,13H,1-6H2,(H,7,9,10). The van der Waals surface area contributed by atoms with Gasteiger partial charge in [0.2, 0.25) is 10.9 Å². The second-order valence-corrected chi connectivity index (χ2v) is 2.94. The van der Waals surface area contributed by atoms with Crippen molar-refractivity contribution in [3.05, 3.63) is 0 Å². The Morgan fingerprint density at radius 2 is 1.69 bits per heavy atom. The van der Waals surface area contributed by atoms with Crippen LogP contribution in [0, 0.1) is 0 Å². The highest BCUT2D eigenvalue weighted by molar-refractivity contribution is 7.70. The third-order valence-electron chi connectivity index (χ3n) is 1.09. The van der Waals surface area contributed by atoms with Gasteiger partial charge in [-0.15, -0.1) is 0 Å². The van der Waals surface area contributed by atoms with E-state index in [4.69, 9.17) is 14.6 Å². The van der Waals surface area contributed by atoms with Crippen LogP contribution < -0.4 is 4.72 Å². The monoisotopic (exact) mass is 213 g/mol. The van der Waals surface area contributed by atoms with Crippen molar-refractivity contribution in [2.75, 3.05) is 39.6 Å². The van der Waals surface area contributed by atoms with Crippen molar-refractivity contribution < 1.29 is 23.0 Å². The fourth-order valence-corrected chi connectivity index (χ4v) is 0.869. The fourth-order valence-electron chi connectivity index (χ4n) is 0.596. The fraction of sp³-hybridized carbons (Fsp3) is 1.00. The van der Waals surface area contributed by atoms with Crippen molar-refractivity contribution in [1.82, 2.24) is 4.72 Å². The van der Waals surface area contributed by atoms with Crippen LogP contribution in [-0.2, 0) is 20.4 Å². The second kappa shape index (κ2) is 9.87. The lowest BCUT2D eigenvalue weighted by molar-refractivity contribution is 0.0349. The predicted octanol–water partition coefficient (Wildman–Crippen LogP) is -1.87. The van der Waals surface area contributed by atoms with Crippen LogP contribution in [0.2, 0.25) is 0 Å². The lowest BCUT2D eigenvalue weighted by Gasteiger charge is -2.03. The van der Waals surface area contributed by atoms with Crippen LogP contribution in [0.4, 0.5) is 0 Å². The van der Waals surface area contributed by atoms with Gasteiger partial charge in [-0.05, 0) is 0 Å². The molecule has 0 saturated heterocycles. The molecule has 0 saturated carbocycles. The molecule has 0 atom stereocenters. The number of thiol groups is 1. The van der Waals surface area contributed by atoms with E-state index in [0.29, 0.717) is 26.4 Å². The first kappa shape index (κ1) is 12.8. The van der Waals surface area contributed by atoms with Gasteiger partial charge in [-0.25, -0.2) is 13.1 Å². The molecule has 0 fully saturated rings. The van der Waals surface area contributed by atoms with Crippen molar-refractivity contribution >= 4 is 10.9 Å². The van der Waals surface area contributed by atoms with Crippen LogP contribution in [0.3, 0.4) is 0 Å². The van der Waals surface area contributed by atoms with Crippen LogP contribution in [0.15, 0.2) is 0 Å². The minimum atomic E-state index is -2.53. The van der Waals surface area contributed by atoms with E-state index in [0.717, 1.165) is 0 Å². The Labute approximate surface area is 78.9 Å².